The quantitative estimate of drug-likeness (QED) is 0.602. The van der Waals surface area contributed by atoms with Gasteiger partial charge >= 0.3 is 12.1 Å². The van der Waals surface area contributed by atoms with E-state index >= 15 is 0 Å². The van der Waals surface area contributed by atoms with Gasteiger partial charge in [-0.2, -0.15) is 0 Å². The molecule has 0 saturated carbocycles. The molecule has 1 amide bonds. The first kappa shape index (κ1) is 20.4. The minimum atomic E-state index is -0.640. The highest BCUT2D eigenvalue weighted by atomic mass is 35.5. The summed E-state index contributed by atoms with van der Waals surface area (Å²) in [4.78, 5) is 28.3. The number of anilines is 1. The Bertz CT molecular complexity index is 654. The number of aromatic nitrogens is 1. The number of ether oxygens (including phenoxy) is 2. The molecule has 0 saturated heterocycles. The number of nitrogens with one attached hydrogen (secondary N) is 1. The number of hydrogen-bond acceptors (Lipinski definition) is 6. The maximum Gasteiger partial charge on any atom is 0.413 e. The van der Waals surface area contributed by atoms with Crippen molar-refractivity contribution in [3.63, 3.8) is 0 Å². The van der Waals surface area contributed by atoms with Gasteiger partial charge in [0, 0.05) is 0 Å². The summed E-state index contributed by atoms with van der Waals surface area (Å²) in [5.41, 5.74) is -0.752. The number of halogens is 1. The fraction of sp³-hybridized carbons (Fsp3) is 0.562. The van der Waals surface area contributed by atoms with Crippen LogP contribution in [0.25, 0.3) is 5.57 Å². The van der Waals surface area contributed by atoms with Crippen molar-refractivity contribution in [1.82, 2.24) is 4.98 Å². The summed E-state index contributed by atoms with van der Waals surface area (Å²) < 4.78 is 10.8. The van der Waals surface area contributed by atoms with Crippen LogP contribution in [0.5, 0.6) is 0 Å². The van der Waals surface area contributed by atoms with Crippen molar-refractivity contribution in [2.45, 2.75) is 59.7 Å². The van der Waals surface area contributed by atoms with Crippen molar-refractivity contribution >= 4 is 45.7 Å². The molecule has 8 heteroatoms. The fourth-order valence-corrected chi connectivity index (χ4v) is 2.65. The van der Waals surface area contributed by atoms with E-state index in [9.17, 15) is 9.59 Å². The van der Waals surface area contributed by atoms with Crippen LogP contribution in [0.15, 0.2) is 6.08 Å². The van der Waals surface area contributed by atoms with Gasteiger partial charge in [-0.15, -0.1) is 0 Å². The third-order valence-electron chi connectivity index (χ3n) is 2.36. The molecule has 0 unspecified atom stereocenters. The third kappa shape index (κ3) is 6.49. The predicted molar refractivity (Wildman–Crippen MR) is 96.5 cm³/mol. The van der Waals surface area contributed by atoms with E-state index in [1.807, 2.05) is 0 Å². The Labute approximate surface area is 151 Å². The SMILES string of the molecule is CC=C(C(=O)OC(C)(C)C)c1nc(NC(=O)OC(C)(C)C)sc1Cl. The van der Waals surface area contributed by atoms with Crippen molar-refractivity contribution in [1.29, 1.82) is 0 Å². The molecule has 0 radical (unpaired) electrons. The first-order valence-corrected chi connectivity index (χ1v) is 8.58. The Morgan fingerprint density at radius 3 is 2.12 bits per heavy atom. The average molecular weight is 375 g/mol. The van der Waals surface area contributed by atoms with Crippen molar-refractivity contribution < 1.29 is 19.1 Å². The Morgan fingerprint density at radius 2 is 1.67 bits per heavy atom. The number of carbonyl (C=O) groups excluding carboxylic acids is 2. The molecule has 0 spiro atoms. The normalized spacial score (nSPS) is 12.8. The lowest BCUT2D eigenvalue weighted by Crippen LogP contribution is -2.27. The Kier molecular flexibility index (Phi) is 6.41. The molecular formula is C16H23ClN2O4S. The number of amides is 1. The molecule has 0 aliphatic carbocycles. The summed E-state index contributed by atoms with van der Waals surface area (Å²) >= 11 is 7.21. The predicted octanol–water partition coefficient (Wildman–Crippen LogP) is 4.89. The van der Waals surface area contributed by atoms with Gasteiger partial charge < -0.3 is 9.47 Å². The molecule has 0 fully saturated rings. The number of esters is 1. The second-order valence-corrected chi connectivity index (χ2v) is 8.57. The second kappa shape index (κ2) is 7.53. The highest BCUT2D eigenvalue weighted by Crippen LogP contribution is 2.33. The summed E-state index contributed by atoms with van der Waals surface area (Å²) in [6, 6.07) is 0. The van der Waals surface area contributed by atoms with Crippen molar-refractivity contribution in [3.8, 4) is 0 Å². The lowest BCUT2D eigenvalue weighted by Gasteiger charge is -2.20. The van der Waals surface area contributed by atoms with Gasteiger partial charge in [0.2, 0.25) is 0 Å². The standard InChI is InChI=1S/C16H23ClN2O4S/c1-8-9(12(20)22-15(2,3)4)10-11(17)24-13(18-10)19-14(21)23-16(5,6)7/h8H,1-7H3,(H,18,19,21). The zero-order valence-electron chi connectivity index (χ0n) is 14.9. The van der Waals surface area contributed by atoms with Gasteiger partial charge in [0.1, 0.15) is 21.2 Å². The molecule has 24 heavy (non-hydrogen) atoms. The van der Waals surface area contributed by atoms with E-state index in [4.69, 9.17) is 21.1 Å². The summed E-state index contributed by atoms with van der Waals surface area (Å²) in [5.74, 6) is -0.527. The van der Waals surface area contributed by atoms with Crippen LogP contribution in [0.4, 0.5) is 9.93 Å². The number of thiazole rings is 1. The fourth-order valence-electron chi connectivity index (χ4n) is 1.60. The van der Waals surface area contributed by atoms with Crippen LogP contribution in [0.2, 0.25) is 4.34 Å². The highest BCUT2D eigenvalue weighted by Gasteiger charge is 2.25. The van der Waals surface area contributed by atoms with Crippen LogP contribution in [-0.4, -0.2) is 28.2 Å². The van der Waals surface area contributed by atoms with E-state index < -0.39 is 23.3 Å². The van der Waals surface area contributed by atoms with Gasteiger partial charge in [-0.3, -0.25) is 5.32 Å². The number of rotatable bonds is 3. The van der Waals surface area contributed by atoms with E-state index in [1.165, 1.54) is 0 Å². The first-order chi connectivity index (χ1) is 10.8. The third-order valence-corrected chi connectivity index (χ3v) is 3.53. The Morgan fingerprint density at radius 1 is 1.12 bits per heavy atom. The van der Waals surface area contributed by atoms with Gasteiger partial charge in [-0.05, 0) is 48.5 Å². The minimum Gasteiger partial charge on any atom is -0.456 e. The highest BCUT2D eigenvalue weighted by molar-refractivity contribution is 7.19. The molecule has 1 N–H and O–H groups in total. The lowest BCUT2D eigenvalue weighted by molar-refractivity contribution is -0.147. The Hall–Kier alpha value is -1.60. The smallest absolute Gasteiger partial charge is 0.413 e. The molecule has 1 aromatic heterocycles. The number of nitrogens with zero attached hydrogens (tertiary/aromatic N) is 1. The zero-order chi connectivity index (χ0) is 18.7. The van der Waals surface area contributed by atoms with E-state index in [0.717, 1.165) is 11.3 Å². The molecule has 0 aliphatic rings. The van der Waals surface area contributed by atoms with Crippen LogP contribution in [0, 0.1) is 0 Å². The van der Waals surface area contributed by atoms with Crippen molar-refractivity contribution in [2.75, 3.05) is 5.32 Å². The van der Waals surface area contributed by atoms with E-state index in [0.29, 0.717) is 0 Å². The van der Waals surface area contributed by atoms with Crippen LogP contribution < -0.4 is 5.32 Å². The van der Waals surface area contributed by atoms with Gasteiger partial charge in [0.05, 0.1) is 5.57 Å². The Balaban J connectivity index is 2.96. The molecule has 6 nitrogen and oxygen atoms in total. The number of allylic oxidation sites excluding steroid dienone is 1. The second-order valence-electron chi connectivity index (χ2n) is 6.97. The van der Waals surface area contributed by atoms with Gasteiger partial charge in [0.25, 0.3) is 0 Å². The number of hydrogen-bond donors (Lipinski definition) is 1. The maximum atomic E-state index is 12.3. The first-order valence-electron chi connectivity index (χ1n) is 7.39. The molecule has 134 valence electrons. The van der Waals surface area contributed by atoms with Gasteiger partial charge in [0.15, 0.2) is 5.13 Å². The molecule has 0 atom stereocenters. The topological polar surface area (TPSA) is 77.5 Å². The molecule has 0 aliphatic heterocycles. The summed E-state index contributed by atoms with van der Waals surface area (Å²) in [6.07, 6.45) is 0.936. The summed E-state index contributed by atoms with van der Waals surface area (Å²) in [7, 11) is 0. The number of carbonyl (C=O) groups is 2. The van der Waals surface area contributed by atoms with Crippen LogP contribution in [0.3, 0.4) is 0 Å². The molecule has 0 aromatic carbocycles. The average Bonchev–Trinajstić information content (AvgIpc) is 2.66. The molecular weight excluding hydrogens is 352 g/mol. The van der Waals surface area contributed by atoms with E-state index in [-0.39, 0.29) is 20.7 Å². The zero-order valence-corrected chi connectivity index (χ0v) is 16.5. The molecule has 0 bridgehead atoms. The molecule has 1 rings (SSSR count). The monoisotopic (exact) mass is 374 g/mol. The molecule has 1 aromatic rings. The van der Waals surface area contributed by atoms with Crippen molar-refractivity contribution in [3.05, 3.63) is 16.1 Å². The van der Waals surface area contributed by atoms with Crippen LogP contribution in [0.1, 0.15) is 54.2 Å². The van der Waals surface area contributed by atoms with Crippen LogP contribution in [-0.2, 0) is 14.3 Å². The largest absolute Gasteiger partial charge is 0.456 e. The van der Waals surface area contributed by atoms with E-state index in [1.54, 1.807) is 54.5 Å². The van der Waals surface area contributed by atoms with Gasteiger partial charge in [-0.1, -0.05) is 29.0 Å². The van der Waals surface area contributed by atoms with Gasteiger partial charge in [-0.25, -0.2) is 14.6 Å². The lowest BCUT2D eigenvalue weighted by atomic mass is 10.1. The summed E-state index contributed by atoms with van der Waals surface area (Å²) in [5, 5.41) is 2.75. The summed E-state index contributed by atoms with van der Waals surface area (Å²) in [6.45, 7) is 12.3. The minimum absolute atomic E-state index is 0.239. The molecule has 1 heterocycles. The van der Waals surface area contributed by atoms with Crippen molar-refractivity contribution in [2.24, 2.45) is 0 Å². The van der Waals surface area contributed by atoms with E-state index in [2.05, 4.69) is 10.3 Å². The van der Waals surface area contributed by atoms with Crippen LogP contribution >= 0.6 is 22.9 Å². The maximum absolute atomic E-state index is 12.3.